The predicted molar refractivity (Wildman–Crippen MR) is 67.4 cm³/mol. The van der Waals surface area contributed by atoms with Gasteiger partial charge in [-0.25, -0.2) is 0 Å². The summed E-state index contributed by atoms with van der Waals surface area (Å²) >= 11 is 0. The van der Waals surface area contributed by atoms with Crippen LogP contribution in [-0.4, -0.2) is 11.7 Å². The van der Waals surface area contributed by atoms with E-state index in [2.05, 4.69) is 5.32 Å². The van der Waals surface area contributed by atoms with Gasteiger partial charge in [0, 0.05) is 12.0 Å². The van der Waals surface area contributed by atoms with Gasteiger partial charge < -0.3 is 5.32 Å². The highest BCUT2D eigenvalue weighted by Gasteiger charge is 2.30. The maximum absolute atomic E-state index is 11.8. The van der Waals surface area contributed by atoms with Crippen LogP contribution in [0, 0.1) is 5.41 Å². The average Bonchev–Trinajstić information content (AvgIpc) is 2.36. The van der Waals surface area contributed by atoms with E-state index in [1.807, 2.05) is 37.3 Å². The summed E-state index contributed by atoms with van der Waals surface area (Å²) in [6.07, 6.45) is 0.657. The minimum atomic E-state index is -0.583. The maximum atomic E-state index is 11.8. The molecule has 0 aliphatic carbocycles. The summed E-state index contributed by atoms with van der Waals surface area (Å²) in [4.78, 5) is 23.5. The lowest BCUT2D eigenvalue weighted by Crippen LogP contribution is -2.39. The van der Waals surface area contributed by atoms with E-state index in [-0.39, 0.29) is 5.78 Å². The molecular formula is C14H19NO2. The largest absolute Gasteiger partial charge is 0.345 e. The van der Waals surface area contributed by atoms with Crippen LogP contribution in [0.3, 0.4) is 0 Å². The number of hydrogen-bond acceptors (Lipinski definition) is 2. The lowest BCUT2D eigenvalue weighted by atomic mass is 9.85. The molecule has 0 aliphatic heterocycles. The molecule has 0 spiro atoms. The number of benzene rings is 1. The van der Waals surface area contributed by atoms with Crippen molar-refractivity contribution in [1.29, 1.82) is 0 Å². The van der Waals surface area contributed by atoms with Crippen LogP contribution in [0.5, 0.6) is 0 Å². The van der Waals surface area contributed by atoms with Gasteiger partial charge >= 0.3 is 0 Å². The zero-order chi connectivity index (χ0) is 12.9. The first kappa shape index (κ1) is 13.4. The van der Waals surface area contributed by atoms with E-state index in [0.717, 1.165) is 5.56 Å². The zero-order valence-electron chi connectivity index (χ0n) is 10.6. The number of hydrogen-bond donors (Lipinski definition) is 1. The fraction of sp³-hybridized carbons (Fsp3) is 0.429. The summed E-state index contributed by atoms with van der Waals surface area (Å²) in [6.45, 7) is 5.88. The summed E-state index contributed by atoms with van der Waals surface area (Å²) in [5, 5.41) is 2.65. The first-order chi connectivity index (χ1) is 7.97. The molecular weight excluding hydrogens is 214 g/mol. The Labute approximate surface area is 102 Å². The van der Waals surface area contributed by atoms with Gasteiger partial charge in [0.2, 0.25) is 5.78 Å². The molecule has 3 heteroatoms. The molecule has 1 N–H and O–H groups in total. The molecule has 0 aliphatic rings. The van der Waals surface area contributed by atoms with Crippen molar-refractivity contribution in [3.63, 3.8) is 0 Å². The number of ketones is 1. The Morgan fingerprint density at radius 3 is 2.29 bits per heavy atom. The van der Waals surface area contributed by atoms with E-state index in [0.29, 0.717) is 13.0 Å². The van der Waals surface area contributed by atoms with E-state index in [4.69, 9.17) is 0 Å². The highest BCUT2D eigenvalue weighted by molar-refractivity contribution is 6.37. The maximum Gasteiger partial charge on any atom is 0.288 e. The van der Waals surface area contributed by atoms with Crippen LogP contribution in [0.2, 0.25) is 0 Å². The van der Waals surface area contributed by atoms with Gasteiger partial charge in [0.05, 0.1) is 0 Å². The van der Waals surface area contributed by atoms with Gasteiger partial charge in [-0.05, 0) is 12.0 Å². The number of Topliss-reactive ketones (excluding diaryl/α,β-unsaturated/α-hetero) is 1. The normalized spacial score (nSPS) is 11.0. The van der Waals surface area contributed by atoms with E-state index >= 15 is 0 Å². The van der Waals surface area contributed by atoms with Crippen LogP contribution in [0.15, 0.2) is 30.3 Å². The Morgan fingerprint density at radius 1 is 1.18 bits per heavy atom. The molecule has 1 amide bonds. The van der Waals surface area contributed by atoms with Crippen molar-refractivity contribution in [3.8, 4) is 0 Å². The highest BCUT2D eigenvalue weighted by atomic mass is 16.2. The van der Waals surface area contributed by atoms with Gasteiger partial charge in [0.25, 0.3) is 5.91 Å². The first-order valence-corrected chi connectivity index (χ1v) is 5.84. The Balaban J connectivity index is 2.54. The summed E-state index contributed by atoms with van der Waals surface area (Å²) in [7, 11) is 0. The van der Waals surface area contributed by atoms with Gasteiger partial charge in [0.1, 0.15) is 0 Å². The molecule has 0 atom stereocenters. The van der Waals surface area contributed by atoms with E-state index < -0.39 is 11.3 Å². The third kappa shape index (κ3) is 3.70. The molecule has 1 aromatic carbocycles. The second-order valence-electron chi connectivity index (χ2n) is 4.73. The van der Waals surface area contributed by atoms with Crippen molar-refractivity contribution in [2.24, 2.45) is 5.41 Å². The molecule has 0 radical (unpaired) electrons. The second-order valence-corrected chi connectivity index (χ2v) is 4.73. The first-order valence-electron chi connectivity index (χ1n) is 5.84. The number of nitrogens with one attached hydrogen (secondary N) is 1. The van der Waals surface area contributed by atoms with Crippen LogP contribution in [-0.2, 0) is 16.1 Å². The summed E-state index contributed by atoms with van der Waals surface area (Å²) in [6, 6.07) is 9.54. The minimum Gasteiger partial charge on any atom is -0.345 e. The van der Waals surface area contributed by atoms with E-state index in [9.17, 15) is 9.59 Å². The van der Waals surface area contributed by atoms with Gasteiger partial charge in [-0.15, -0.1) is 0 Å². The molecule has 17 heavy (non-hydrogen) atoms. The van der Waals surface area contributed by atoms with Crippen molar-refractivity contribution < 1.29 is 9.59 Å². The topological polar surface area (TPSA) is 46.2 Å². The monoisotopic (exact) mass is 233 g/mol. The molecule has 0 fully saturated rings. The summed E-state index contributed by atoms with van der Waals surface area (Å²) < 4.78 is 0. The van der Waals surface area contributed by atoms with Crippen LogP contribution in [0.25, 0.3) is 0 Å². The Morgan fingerprint density at radius 2 is 1.76 bits per heavy atom. The Hall–Kier alpha value is -1.64. The third-order valence-electron chi connectivity index (χ3n) is 3.00. The lowest BCUT2D eigenvalue weighted by molar-refractivity contribution is -0.143. The van der Waals surface area contributed by atoms with Crippen molar-refractivity contribution in [1.82, 2.24) is 5.32 Å². The number of amides is 1. The Kier molecular flexibility index (Phi) is 4.44. The fourth-order valence-corrected chi connectivity index (χ4v) is 1.33. The molecule has 0 aromatic heterocycles. The summed E-state index contributed by atoms with van der Waals surface area (Å²) in [5.74, 6) is -0.850. The third-order valence-corrected chi connectivity index (χ3v) is 3.00. The fourth-order valence-electron chi connectivity index (χ4n) is 1.33. The molecule has 92 valence electrons. The highest BCUT2D eigenvalue weighted by Crippen LogP contribution is 2.20. The molecule has 1 rings (SSSR count). The van der Waals surface area contributed by atoms with Crippen LogP contribution in [0.4, 0.5) is 0 Å². The molecule has 0 bridgehead atoms. The number of carbonyl (C=O) groups is 2. The van der Waals surface area contributed by atoms with Crippen molar-refractivity contribution in [3.05, 3.63) is 35.9 Å². The molecule has 0 saturated carbocycles. The number of carbonyl (C=O) groups excluding carboxylic acids is 2. The standard InChI is InChI=1S/C14H19NO2/c1-4-14(2,3)12(16)13(17)15-10-11-8-6-5-7-9-11/h5-9H,4,10H2,1-3H3,(H,15,17). The summed E-state index contributed by atoms with van der Waals surface area (Å²) in [5.41, 5.74) is 0.406. The molecule has 1 aromatic rings. The van der Waals surface area contributed by atoms with Crippen molar-refractivity contribution in [2.45, 2.75) is 33.7 Å². The van der Waals surface area contributed by atoms with Crippen molar-refractivity contribution in [2.75, 3.05) is 0 Å². The minimum absolute atomic E-state index is 0.351. The van der Waals surface area contributed by atoms with Crippen molar-refractivity contribution >= 4 is 11.7 Å². The van der Waals surface area contributed by atoms with E-state index in [1.165, 1.54) is 0 Å². The molecule has 3 nitrogen and oxygen atoms in total. The predicted octanol–water partition coefficient (Wildman–Crippen LogP) is 2.31. The zero-order valence-corrected chi connectivity index (χ0v) is 10.6. The quantitative estimate of drug-likeness (QED) is 0.793. The van der Waals surface area contributed by atoms with Crippen LogP contribution in [0.1, 0.15) is 32.8 Å². The SMILES string of the molecule is CCC(C)(C)C(=O)C(=O)NCc1ccccc1. The second kappa shape index (κ2) is 5.62. The van der Waals surface area contributed by atoms with Gasteiger partial charge in [-0.3, -0.25) is 9.59 Å². The van der Waals surface area contributed by atoms with E-state index in [1.54, 1.807) is 13.8 Å². The lowest BCUT2D eigenvalue weighted by Gasteiger charge is -2.19. The average molecular weight is 233 g/mol. The van der Waals surface area contributed by atoms with Crippen LogP contribution >= 0.6 is 0 Å². The van der Waals surface area contributed by atoms with Gasteiger partial charge in [-0.1, -0.05) is 51.1 Å². The Bertz CT molecular complexity index is 396. The molecule has 0 unspecified atom stereocenters. The van der Waals surface area contributed by atoms with Gasteiger partial charge in [0.15, 0.2) is 0 Å². The van der Waals surface area contributed by atoms with Gasteiger partial charge in [-0.2, -0.15) is 0 Å². The molecule has 0 saturated heterocycles. The molecule has 0 heterocycles. The van der Waals surface area contributed by atoms with Crippen LogP contribution < -0.4 is 5.32 Å². The smallest absolute Gasteiger partial charge is 0.288 e. The number of rotatable bonds is 5.